The number of nitrogens with zero attached hydrogens (tertiary/aromatic N) is 4. The zero-order valence-electron chi connectivity index (χ0n) is 21.6. The van der Waals surface area contributed by atoms with Crippen molar-refractivity contribution in [3.63, 3.8) is 0 Å². The smallest absolute Gasteiger partial charge is 0.313 e. The molecule has 38 heavy (non-hydrogen) atoms. The monoisotopic (exact) mass is 523 g/mol. The maximum absolute atomic E-state index is 13.1. The van der Waals surface area contributed by atoms with E-state index in [0.717, 1.165) is 5.56 Å². The van der Waals surface area contributed by atoms with E-state index in [2.05, 4.69) is 21.5 Å². The molecule has 0 saturated carbocycles. The van der Waals surface area contributed by atoms with E-state index in [-0.39, 0.29) is 43.6 Å². The number of esters is 1. The molecule has 1 aliphatic heterocycles. The number of anilines is 1. The average Bonchev–Trinajstić information content (AvgIpc) is 3.51. The third kappa shape index (κ3) is 6.15. The van der Waals surface area contributed by atoms with Crippen LogP contribution in [0.4, 0.5) is 10.2 Å². The molecule has 2 atom stereocenters. The van der Waals surface area contributed by atoms with E-state index in [1.807, 2.05) is 0 Å². The summed E-state index contributed by atoms with van der Waals surface area (Å²) in [6.45, 7) is 5.24. The van der Waals surface area contributed by atoms with E-state index in [4.69, 9.17) is 14.2 Å². The molecule has 3 heterocycles. The highest BCUT2D eigenvalue weighted by Crippen LogP contribution is 2.40. The van der Waals surface area contributed by atoms with Crippen LogP contribution < -0.4 is 5.32 Å². The summed E-state index contributed by atoms with van der Waals surface area (Å²) in [4.78, 5) is 28.6. The van der Waals surface area contributed by atoms with Crippen molar-refractivity contribution in [1.29, 1.82) is 5.26 Å². The summed E-state index contributed by atoms with van der Waals surface area (Å²) in [7, 11) is 0. The van der Waals surface area contributed by atoms with Crippen molar-refractivity contribution in [3.05, 3.63) is 59.8 Å². The molecule has 4 rings (SSSR count). The predicted octanol–water partition coefficient (Wildman–Crippen LogP) is 3.90. The van der Waals surface area contributed by atoms with Gasteiger partial charge in [-0.3, -0.25) is 9.59 Å². The van der Waals surface area contributed by atoms with Crippen LogP contribution in [0, 0.1) is 22.6 Å². The number of rotatable bonds is 9. The number of hydrogen-bond acceptors (Lipinski definition) is 8. The summed E-state index contributed by atoms with van der Waals surface area (Å²) in [6, 6.07) is 11.7. The number of nitrogens with one attached hydrogen (secondary N) is 1. The largest absolute Gasteiger partial charge is 0.438 e. The fraction of sp³-hybridized carbons (Fsp3) is 0.444. The number of ether oxygens (including phenoxy) is 3. The molecule has 200 valence electrons. The lowest BCUT2D eigenvalue weighted by Gasteiger charge is -2.22. The molecule has 1 amide bonds. The quantitative estimate of drug-likeness (QED) is 0.254. The van der Waals surface area contributed by atoms with Crippen molar-refractivity contribution in [2.75, 3.05) is 18.7 Å². The highest BCUT2D eigenvalue weighted by molar-refractivity contribution is 5.93. The number of amides is 1. The molecule has 0 aliphatic carbocycles. The minimum Gasteiger partial charge on any atom is -0.438 e. The molecule has 10 nitrogen and oxygen atoms in total. The fourth-order valence-corrected chi connectivity index (χ4v) is 4.14. The predicted molar refractivity (Wildman–Crippen MR) is 134 cm³/mol. The molecule has 1 fully saturated rings. The van der Waals surface area contributed by atoms with Crippen molar-refractivity contribution in [1.82, 2.24) is 14.6 Å². The number of hydrogen-bond donors (Lipinski definition) is 1. The van der Waals surface area contributed by atoms with E-state index in [9.17, 15) is 19.2 Å². The van der Waals surface area contributed by atoms with E-state index >= 15 is 0 Å². The van der Waals surface area contributed by atoms with Crippen molar-refractivity contribution in [3.8, 4) is 6.07 Å². The summed E-state index contributed by atoms with van der Waals surface area (Å²) in [6.07, 6.45) is 2.54. The van der Waals surface area contributed by atoms with Crippen LogP contribution in [0.15, 0.2) is 42.7 Å². The SMILES string of the molecule is CC(C)(C)C(=O)OCOC[C@@H]1CC[C@](C#N)(c2ccc3c(NC(=O)CCc4ccc(F)cc4)ncnn23)O1. The Morgan fingerprint density at radius 2 is 2.03 bits per heavy atom. The molecule has 1 N–H and O–H groups in total. The Labute approximate surface area is 219 Å². The maximum Gasteiger partial charge on any atom is 0.313 e. The summed E-state index contributed by atoms with van der Waals surface area (Å²) < 4.78 is 31.3. The number of aromatic nitrogens is 3. The van der Waals surface area contributed by atoms with Crippen LogP contribution in [0.25, 0.3) is 5.52 Å². The van der Waals surface area contributed by atoms with Gasteiger partial charge >= 0.3 is 5.97 Å². The molecular weight excluding hydrogens is 493 g/mol. The van der Waals surface area contributed by atoms with Crippen LogP contribution in [0.1, 0.15) is 51.3 Å². The van der Waals surface area contributed by atoms with Crippen molar-refractivity contribution >= 4 is 23.2 Å². The maximum atomic E-state index is 13.1. The van der Waals surface area contributed by atoms with Crippen LogP contribution in [-0.2, 0) is 35.8 Å². The molecule has 0 spiro atoms. The fourth-order valence-electron chi connectivity index (χ4n) is 4.14. The van der Waals surface area contributed by atoms with Gasteiger partial charge in [-0.15, -0.1) is 0 Å². The first kappa shape index (κ1) is 27.2. The lowest BCUT2D eigenvalue weighted by Crippen LogP contribution is -2.29. The number of benzene rings is 1. The van der Waals surface area contributed by atoms with Gasteiger partial charge in [0.2, 0.25) is 5.91 Å². The third-order valence-electron chi connectivity index (χ3n) is 6.23. The van der Waals surface area contributed by atoms with Gasteiger partial charge in [-0.05, 0) is 69.9 Å². The molecule has 0 unspecified atom stereocenters. The molecule has 3 aromatic rings. The zero-order valence-corrected chi connectivity index (χ0v) is 21.6. The van der Waals surface area contributed by atoms with Crippen LogP contribution in [0.5, 0.6) is 0 Å². The third-order valence-corrected chi connectivity index (χ3v) is 6.23. The molecule has 2 aromatic heterocycles. The Kier molecular flexibility index (Phi) is 8.04. The van der Waals surface area contributed by atoms with Gasteiger partial charge in [-0.1, -0.05) is 12.1 Å². The van der Waals surface area contributed by atoms with Crippen LogP contribution in [0.3, 0.4) is 0 Å². The molecule has 0 bridgehead atoms. The van der Waals surface area contributed by atoms with Crippen molar-refractivity contribution < 1.29 is 28.2 Å². The number of halogens is 1. The van der Waals surface area contributed by atoms with Gasteiger partial charge in [0.15, 0.2) is 18.2 Å². The first-order valence-electron chi connectivity index (χ1n) is 12.3. The van der Waals surface area contributed by atoms with Gasteiger partial charge in [0.25, 0.3) is 0 Å². The molecule has 11 heteroatoms. The Bertz CT molecular complexity index is 1340. The number of nitriles is 1. The average molecular weight is 524 g/mol. The second kappa shape index (κ2) is 11.2. The lowest BCUT2D eigenvalue weighted by atomic mass is 9.97. The minimum atomic E-state index is -1.26. The van der Waals surface area contributed by atoms with Gasteiger partial charge in [0, 0.05) is 6.42 Å². The minimum absolute atomic E-state index is 0.161. The molecular formula is C27H30FN5O5. The van der Waals surface area contributed by atoms with Crippen molar-refractivity contribution in [2.24, 2.45) is 5.41 Å². The van der Waals surface area contributed by atoms with Gasteiger partial charge in [0.05, 0.1) is 23.8 Å². The normalized spacial score (nSPS) is 19.3. The topological polar surface area (TPSA) is 128 Å². The van der Waals surface area contributed by atoms with E-state index < -0.39 is 11.0 Å². The van der Waals surface area contributed by atoms with E-state index in [0.29, 0.717) is 36.3 Å². The lowest BCUT2D eigenvalue weighted by molar-refractivity contribution is -0.169. The van der Waals surface area contributed by atoms with E-state index in [1.54, 1.807) is 49.6 Å². The Balaban J connectivity index is 1.39. The Morgan fingerprint density at radius 3 is 2.74 bits per heavy atom. The number of carbonyl (C=O) groups is 2. The van der Waals surface area contributed by atoms with Gasteiger partial charge in [-0.2, -0.15) is 10.4 Å². The van der Waals surface area contributed by atoms with Crippen LogP contribution in [-0.4, -0.2) is 46.0 Å². The second-order valence-corrected chi connectivity index (χ2v) is 10.2. The Hall–Kier alpha value is -3.88. The summed E-state index contributed by atoms with van der Waals surface area (Å²) in [5, 5.41) is 17.2. The van der Waals surface area contributed by atoms with Crippen molar-refractivity contribution in [2.45, 2.75) is 58.2 Å². The summed E-state index contributed by atoms with van der Waals surface area (Å²) in [5.74, 6) is -0.641. The Morgan fingerprint density at radius 1 is 1.26 bits per heavy atom. The number of fused-ring (bicyclic) bond motifs is 1. The molecule has 0 radical (unpaired) electrons. The zero-order chi connectivity index (χ0) is 27.3. The number of carbonyl (C=O) groups excluding carboxylic acids is 2. The number of aryl methyl sites for hydroxylation is 1. The van der Waals surface area contributed by atoms with Gasteiger partial charge < -0.3 is 19.5 Å². The molecule has 1 saturated heterocycles. The first-order chi connectivity index (χ1) is 18.1. The highest BCUT2D eigenvalue weighted by Gasteiger charge is 2.44. The van der Waals surface area contributed by atoms with Gasteiger partial charge in [0.1, 0.15) is 23.7 Å². The molecule has 1 aromatic carbocycles. The summed E-state index contributed by atoms with van der Waals surface area (Å²) in [5.41, 5.74) is -0.00640. The highest BCUT2D eigenvalue weighted by atomic mass is 19.1. The summed E-state index contributed by atoms with van der Waals surface area (Å²) >= 11 is 0. The standard InChI is InChI=1S/C27H30FN5O5/c1-26(2,3)25(35)37-17-36-14-20-12-13-27(15-29,38-20)22-10-9-21-24(30-16-31-33(21)22)32-23(34)11-6-18-4-7-19(28)8-5-18/h4-5,7-10,16,20H,6,11-14,17H2,1-3H3,(H,30,31,32,34)/t20-,27-/m0/s1. The first-order valence-corrected chi connectivity index (χ1v) is 12.3. The van der Waals surface area contributed by atoms with Crippen LogP contribution in [0.2, 0.25) is 0 Å². The second-order valence-electron chi connectivity index (χ2n) is 10.2. The van der Waals surface area contributed by atoms with Crippen LogP contribution >= 0.6 is 0 Å². The van der Waals surface area contributed by atoms with E-state index in [1.165, 1.54) is 18.5 Å². The molecule has 1 aliphatic rings. The van der Waals surface area contributed by atoms with Gasteiger partial charge in [-0.25, -0.2) is 13.9 Å².